The molecule has 0 saturated carbocycles. The SMILES string of the molecule is N=C1C=CC(=Nc2c(N)n3n(c2=O)CCCC3)C(NC(N)=O)=C1. The van der Waals surface area contributed by atoms with Crippen LogP contribution in [-0.4, -0.2) is 26.8 Å². The van der Waals surface area contributed by atoms with E-state index in [0.717, 1.165) is 12.8 Å². The molecule has 1 aliphatic carbocycles. The minimum absolute atomic E-state index is 0.136. The van der Waals surface area contributed by atoms with Gasteiger partial charge in [0.15, 0.2) is 11.5 Å². The van der Waals surface area contributed by atoms with Crippen molar-refractivity contribution >= 4 is 29.0 Å². The van der Waals surface area contributed by atoms with Crippen molar-refractivity contribution in [3.05, 3.63) is 34.3 Å². The molecule has 2 aliphatic rings. The fourth-order valence-corrected chi connectivity index (χ4v) is 2.67. The second-order valence-corrected chi connectivity index (χ2v) is 5.33. The summed E-state index contributed by atoms with van der Waals surface area (Å²) in [6.07, 6.45) is 6.33. The summed E-state index contributed by atoms with van der Waals surface area (Å²) in [5.41, 5.74) is 11.8. The molecule has 0 aromatic carbocycles. The van der Waals surface area contributed by atoms with Crippen LogP contribution in [0.3, 0.4) is 0 Å². The number of carbonyl (C=O) groups is 1. The van der Waals surface area contributed by atoms with E-state index >= 15 is 0 Å². The zero-order chi connectivity index (χ0) is 16.6. The van der Waals surface area contributed by atoms with Gasteiger partial charge in [-0.15, -0.1) is 0 Å². The fraction of sp³-hybridized carbons (Fsp3) is 0.286. The molecule has 1 aliphatic heterocycles. The third kappa shape index (κ3) is 2.68. The second-order valence-electron chi connectivity index (χ2n) is 5.33. The number of hydrogen-bond donors (Lipinski definition) is 4. The van der Waals surface area contributed by atoms with E-state index in [0.29, 0.717) is 24.6 Å². The van der Waals surface area contributed by atoms with Gasteiger partial charge < -0.3 is 22.2 Å². The lowest BCUT2D eigenvalue weighted by Gasteiger charge is -2.17. The Bertz CT molecular complexity index is 838. The van der Waals surface area contributed by atoms with E-state index in [4.69, 9.17) is 16.9 Å². The van der Waals surface area contributed by atoms with Crippen LogP contribution in [0.5, 0.6) is 0 Å². The first-order valence-electron chi connectivity index (χ1n) is 7.20. The van der Waals surface area contributed by atoms with Crippen LogP contribution in [0.15, 0.2) is 33.7 Å². The minimum atomic E-state index is -0.770. The van der Waals surface area contributed by atoms with Crippen LogP contribution in [-0.2, 0) is 13.1 Å². The van der Waals surface area contributed by atoms with Gasteiger partial charge in [-0.2, -0.15) is 0 Å². The normalized spacial score (nSPS) is 18.7. The molecule has 0 unspecified atom stereocenters. The van der Waals surface area contributed by atoms with Gasteiger partial charge in [-0.3, -0.25) is 9.48 Å². The molecule has 9 heteroatoms. The van der Waals surface area contributed by atoms with Gasteiger partial charge in [0.1, 0.15) is 0 Å². The van der Waals surface area contributed by atoms with E-state index in [1.165, 1.54) is 18.2 Å². The second kappa shape index (κ2) is 5.59. The summed E-state index contributed by atoms with van der Waals surface area (Å²) in [6, 6.07) is -0.770. The topological polar surface area (TPSA) is 144 Å². The van der Waals surface area contributed by atoms with Crippen molar-refractivity contribution in [3.8, 4) is 0 Å². The molecule has 2 amide bonds. The van der Waals surface area contributed by atoms with E-state index < -0.39 is 6.03 Å². The highest BCUT2D eigenvalue weighted by Gasteiger charge is 2.21. The Labute approximate surface area is 131 Å². The van der Waals surface area contributed by atoms with Crippen molar-refractivity contribution in [1.82, 2.24) is 14.7 Å². The van der Waals surface area contributed by atoms with Gasteiger partial charge in [0.05, 0.1) is 17.1 Å². The molecule has 6 N–H and O–H groups in total. The number of fused-ring (bicyclic) bond motifs is 1. The van der Waals surface area contributed by atoms with Crippen LogP contribution in [0.25, 0.3) is 0 Å². The molecule has 120 valence electrons. The third-order valence-electron chi connectivity index (χ3n) is 3.73. The van der Waals surface area contributed by atoms with Crippen LogP contribution in [0.1, 0.15) is 12.8 Å². The lowest BCUT2D eigenvalue weighted by atomic mass is 10.1. The van der Waals surface area contributed by atoms with Gasteiger partial charge in [-0.1, -0.05) is 0 Å². The molecule has 3 rings (SSSR count). The summed E-state index contributed by atoms with van der Waals surface area (Å²) >= 11 is 0. The number of carbonyl (C=O) groups excluding carboxylic acids is 1. The Kier molecular flexibility index (Phi) is 3.61. The van der Waals surface area contributed by atoms with Crippen molar-refractivity contribution in [1.29, 1.82) is 5.41 Å². The highest BCUT2D eigenvalue weighted by atomic mass is 16.2. The standard InChI is InChI=1S/C14H17N7O2/c15-8-3-4-9(10(7-8)19-14(17)23)18-11-12(16)20-5-1-2-6-21(20)13(11)22/h3-4,7,15H,1-2,5-6,16H2,(H3,17,19,23). The molecule has 0 fully saturated rings. The van der Waals surface area contributed by atoms with Crippen molar-refractivity contribution in [2.45, 2.75) is 25.9 Å². The molecule has 0 bridgehead atoms. The van der Waals surface area contributed by atoms with Crippen molar-refractivity contribution in [2.24, 2.45) is 10.7 Å². The highest BCUT2D eigenvalue weighted by molar-refractivity contribution is 6.21. The summed E-state index contributed by atoms with van der Waals surface area (Å²) < 4.78 is 3.31. The van der Waals surface area contributed by atoms with Crippen molar-refractivity contribution < 1.29 is 4.79 Å². The first kappa shape index (κ1) is 14.8. The monoisotopic (exact) mass is 315 g/mol. The molecular formula is C14H17N7O2. The van der Waals surface area contributed by atoms with Crippen LogP contribution in [0, 0.1) is 5.41 Å². The number of urea groups is 1. The minimum Gasteiger partial charge on any atom is -0.382 e. The Balaban J connectivity index is 2.07. The van der Waals surface area contributed by atoms with E-state index in [-0.39, 0.29) is 22.7 Å². The summed E-state index contributed by atoms with van der Waals surface area (Å²) in [5, 5.41) is 10.0. The largest absolute Gasteiger partial charge is 0.382 e. The van der Waals surface area contributed by atoms with Crippen LogP contribution < -0.4 is 22.3 Å². The molecule has 1 aromatic rings. The number of nitrogens with zero attached hydrogens (tertiary/aromatic N) is 3. The summed E-state index contributed by atoms with van der Waals surface area (Å²) in [7, 11) is 0. The van der Waals surface area contributed by atoms with Gasteiger partial charge in [0.25, 0.3) is 5.56 Å². The lowest BCUT2D eigenvalue weighted by Crippen LogP contribution is -2.33. The van der Waals surface area contributed by atoms with Gasteiger partial charge in [-0.25, -0.2) is 14.5 Å². The molecule has 1 aromatic heterocycles. The zero-order valence-corrected chi connectivity index (χ0v) is 12.4. The molecular weight excluding hydrogens is 298 g/mol. The number of aliphatic imine (C=N–C) groups is 1. The summed E-state index contributed by atoms with van der Waals surface area (Å²) in [5.74, 6) is 0.301. The van der Waals surface area contributed by atoms with Gasteiger partial charge >= 0.3 is 6.03 Å². The maximum atomic E-state index is 12.5. The average molecular weight is 315 g/mol. The number of nitrogens with two attached hydrogens (primary N) is 2. The van der Waals surface area contributed by atoms with E-state index in [1.807, 2.05) is 0 Å². The number of hydrogen-bond acceptors (Lipinski definition) is 5. The number of primary amides is 1. The molecule has 23 heavy (non-hydrogen) atoms. The maximum absolute atomic E-state index is 12.5. The molecule has 0 radical (unpaired) electrons. The third-order valence-corrected chi connectivity index (χ3v) is 3.73. The highest BCUT2D eigenvalue weighted by Crippen LogP contribution is 2.23. The number of rotatable bonds is 2. The van der Waals surface area contributed by atoms with E-state index in [2.05, 4.69) is 10.3 Å². The van der Waals surface area contributed by atoms with Crippen LogP contribution >= 0.6 is 0 Å². The van der Waals surface area contributed by atoms with Crippen LogP contribution in [0.4, 0.5) is 16.3 Å². The molecule has 2 heterocycles. The number of aromatic nitrogens is 2. The summed E-state index contributed by atoms with van der Waals surface area (Å²) in [4.78, 5) is 27.9. The quantitative estimate of drug-likeness (QED) is 0.580. The molecule has 9 nitrogen and oxygen atoms in total. The number of anilines is 1. The number of nitrogen functional groups attached to an aromatic ring is 1. The van der Waals surface area contributed by atoms with Crippen molar-refractivity contribution in [2.75, 3.05) is 5.73 Å². The Morgan fingerprint density at radius 2 is 1.96 bits per heavy atom. The maximum Gasteiger partial charge on any atom is 0.316 e. The van der Waals surface area contributed by atoms with E-state index in [9.17, 15) is 9.59 Å². The van der Waals surface area contributed by atoms with E-state index in [1.54, 1.807) is 9.36 Å². The number of amides is 2. The Hall–Kier alpha value is -3.10. The molecule has 0 saturated heterocycles. The molecule has 0 spiro atoms. The van der Waals surface area contributed by atoms with Gasteiger partial charge in [0, 0.05) is 13.1 Å². The van der Waals surface area contributed by atoms with Crippen LogP contribution in [0.2, 0.25) is 0 Å². The summed E-state index contributed by atoms with van der Waals surface area (Å²) in [6.45, 7) is 1.28. The zero-order valence-electron chi connectivity index (χ0n) is 12.4. The smallest absolute Gasteiger partial charge is 0.316 e. The number of allylic oxidation sites excluding steroid dienone is 3. The predicted molar refractivity (Wildman–Crippen MR) is 87.1 cm³/mol. The lowest BCUT2D eigenvalue weighted by molar-refractivity contribution is 0.251. The number of nitrogens with one attached hydrogen (secondary N) is 2. The first-order chi connectivity index (χ1) is 11.0. The Morgan fingerprint density at radius 3 is 2.61 bits per heavy atom. The Morgan fingerprint density at radius 1 is 1.26 bits per heavy atom. The van der Waals surface area contributed by atoms with Gasteiger partial charge in [-0.05, 0) is 31.1 Å². The first-order valence-corrected chi connectivity index (χ1v) is 7.20. The fourth-order valence-electron chi connectivity index (χ4n) is 2.67. The predicted octanol–water partition coefficient (Wildman–Crippen LogP) is 0.240. The average Bonchev–Trinajstić information content (AvgIpc) is 2.75. The molecule has 0 atom stereocenters. The van der Waals surface area contributed by atoms with Gasteiger partial charge in [0.2, 0.25) is 0 Å². The van der Waals surface area contributed by atoms with Crippen molar-refractivity contribution in [3.63, 3.8) is 0 Å².